The van der Waals surface area contributed by atoms with Gasteiger partial charge in [0.2, 0.25) is 0 Å². The molecule has 11 heteroatoms. The molecular formula is C28H26N4O4S2Zn. The molecule has 8 nitrogen and oxygen atoms in total. The molecule has 0 fully saturated rings. The van der Waals surface area contributed by atoms with Crippen LogP contribution in [0.1, 0.15) is 36.5 Å². The summed E-state index contributed by atoms with van der Waals surface area (Å²) in [6.07, 6.45) is 6.32. The zero-order chi connectivity index (χ0) is 27.0. The Kier molecular flexibility index (Phi) is 14.4. The summed E-state index contributed by atoms with van der Waals surface area (Å²) in [6, 6.07) is 22.2. The number of hydrogen-bond acceptors (Lipinski definition) is 10. The topological polar surface area (TPSA) is 94.2 Å². The van der Waals surface area contributed by atoms with Gasteiger partial charge < -0.3 is 43.6 Å². The fraction of sp³-hybridized carbons (Fsp3) is 0.143. The third kappa shape index (κ3) is 10.6. The van der Waals surface area contributed by atoms with Gasteiger partial charge in [0.05, 0.1) is 38.2 Å². The minimum absolute atomic E-state index is 0. The van der Waals surface area contributed by atoms with E-state index in [9.17, 15) is 0 Å². The van der Waals surface area contributed by atoms with Gasteiger partial charge in [0.15, 0.2) is 0 Å². The second-order valence-electron chi connectivity index (χ2n) is 7.20. The Labute approximate surface area is 251 Å². The van der Waals surface area contributed by atoms with Gasteiger partial charge in [0.25, 0.3) is 0 Å². The van der Waals surface area contributed by atoms with Crippen LogP contribution < -0.4 is 9.47 Å². The van der Waals surface area contributed by atoms with Crippen molar-refractivity contribution in [2.24, 2.45) is 20.4 Å². The fourth-order valence-corrected chi connectivity index (χ4v) is 3.26. The average Bonchev–Trinajstić information content (AvgIpc) is 3.67. The third-order valence-corrected chi connectivity index (χ3v) is 5.16. The first-order valence-electron chi connectivity index (χ1n) is 11.7. The molecule has 0 aliphatic heterocycles. The van der Waals surface area contributed by atoms with Crippen molar-refractivity contribution in [3.05, 3.63) is 108 Å². The van der Waals surface area contributed by atoms with E-state index in [1.54, 1.807) is 49.2 Å². The average molecular weight is 612 g/mol. The van der Waals surface area contributed by atoms with E-state index >= 15 is 0 Å². The molecule has 0 amide bonds. The van der Waals surface area contributed by atoms with Crippen molar-refractivity contribution in [1.29, 1.82) is 0 Å². The summed E-state index contributed by atoms with van der Waals surface area (Å²) in [7, 11) is 0. The number of rotatable bonds is 10. The molecule has 0 saturated carbocycles. The molecule has 0 radical (unpaired) electrons. The molecule has 4 aromatic rings. The van der Waals surface area contributed by atoms with Crippen LogP contribution in [-0.2, 0) is 44.7 Å². The van der Waals surface area contributed by atoms with Crippen LogP contribution in [0.25, 0.3) is 0 Å². The second kappa shape index (κ2) is 17.8. The van der Waals surface area contributed by atoms with Gasteiger partial charge >= 0.3 is 19.5 Å². The molecule has 39 heavy (non-hydrogen) atoms. The monoisotopic (exact) mass is 610 g/mol. The van der Waals surface area contributed by atoms with E-state index < -0.39 is 0 Å². The molecule has 0 atom stereocenters. The van der Waals surface area contributed by atoms with E-state index in [4.69, 9.17) is 43.6 Å². The number of ether oxygens (including phenoxy) is 2. The SMILES string of the molecule is CCOc1ccccc1/C=N/N=C(\[S-])c1ccco1.CCOc1ccccc1/C=N/N=C(\[S-])c1ccco1.[Zn+2]. The Morgan fingerprint density at radius 1 is 0.667 bits per heavy atom. The first-order valence-corrected chi connectivity index (χ1v) is 12.5. The molecule has 0 saturated heterocycles. The van der Waals surface area contributed by atoms with Crippen molar-refractivity contribution in [1.82, 2.24) is 0 Å². The number of benzene rings is 2. The zero-order valence-electron chi connectivity index (χ0n) is 21.6. The first-order chi connectivity index (χ1) is 18.6. The van der Waals surface area contributed by atoms with Gasteiger partial charge in [0, 0.05) is 11.1 Å². The van der Waals surface area contributed by atoms with Crippen molar-refractivity contribution in [3.8, 4) is 11.5 Å². The standard InChI is InChI=1S/2C14H14N2O2S.Zn/c2*1-2-17-12-7-4-3-6-11(12)10-15-16-14(19)13-8-5-9-18-13;/h2*3-10H,2H2,1H3,(H,16,19);/q;;+2/p-2/b2*15-10+;. The van der Waals surface area contributed by atoms with E-state index in [0.717, 1.165) is 22.6 Å². The van der Waals surface area contributed by atoms with Crippen LogP contribution in [0.2, 0.25) is 0 Å². The Morgan fingerprint density at radius 2 is 1.08 bits per heavy atom. The van der Waals surface area contributed by atoms with Gasteiger partial charge in [-0.25, -0.2) is 0 Å². The van der Waals surface area contributed by atoms with Crippen LogP contribution in [0.15, 0.2) is 115 Å². The van der Waals surface area contributed by atoms with E-state index in [2.05, 4.69) is 20.4 Å². The molecule has 0 aliphatic rings. The Balaban J connectivity index is 0.000000267. The van der Waals surface area contributed by atoms with Crippen LogP contribution in [0.4, 0.5) is 0 Å². The minimum atomic E-state index is 0. The Morgan fingerprint density at radius 3 is 1.44 bits per heavy atom. The van der Waals surface area contributed by atoms with Crippen molar-refractivity contribution in [2.45, 2.75) is 13.8 Å². The van der Waals surface area contributed by atoms with Gasteiger partial charge in [-0.05, 0) is 72.5 Å². The molecule has 0 N–H and O–H groups in total. The summed E-state index contributed by atoms with van der Waals surface area (Å²) in [5.41, 5.74) is 1.71. The maximum atomic E-state index is 5.48. The van der Waals surface area contributed by atoms with Crippen LogP contribution in [0.5, 0.6) is 11.5 Å². The van der Waals surface area contributed by atoms with E-state index in [0.29, 0.717) is 34.8 Å². The molecule has 2 heterocycles. The molecule has 4 rings (SSSR count). The van der Waals surface area contributed by atoms with Crippen LogP contribution >= 0.6 is 0 Å². The van der Waals surface area contributed by atoms with Crippen molar-refractivity contribution >= 4 is 47.8 Å². The van der Waals surface area contributed by atoms with E-state index in [1.165, 1.54) is 0 Å². The maximum absolute atomic E-state index is 5.48. The summed E-state index contributed by atoms with van der Waals surface area (Å²) in [6.45, 7) is 5.08. The molecule has 0 spiro atoms. The smallest absolute Gasteiger partial charge is 0.755 e. The summed E-state index contributed by atoms with van der Waals surface area (Å²) in [4.78, 5) is 0. The quantitative estimate of drug-likeness (QED) is 0.0717. The Bertz CT molecular complexity index is 1270. The van der Waals surface area contributed by atoms with Gasteiger partial charge in [-0.1, -0.05) is 24.3 Å². The second-order valence-corrected chi connectivity index (χ2v) is 7.97. The third-order valence-electron chi connectivity index (χ3n) is 4.59. The van der Waals surface area contributed by atoms with Crippen LogP contribution in [0, 0.1) is 0 Å². The van der Waals surface area contributed by atoms with Crippen molar-refractivity contribution in [3.63, 3.8) is 0 Å². The summed E-state index contributed by atoms with van der Waals surface area (Å²) in [5.74, 6) is 2.61. The zero-order valence-corrected chi connectivity index (χ0v) is 26.2. The number of para-hydroxylation sites is 2. The molecule has 0 unspecified atom stereocenters. The van der Waals surface area contributed by atoms with Gasteiger partial charge in [0.1, 0.15) is 23.0 Å². The van der Waals surface area contributed by atoms with E-state index in [-0.39, 0.29) is 19.5 Å². The minimum Gasteiger partial charge on any atom is -0.755 e. The van der Waals surface area contributed by atoms with E-state index in [1.807, 2.05) is 62.4 Å². The fourth-order valence-electron chi connectivity index (χ4n) is 2.93. The Hall–Kier alpha value is -3.66. The first kappa shape index (κ1) is 31.6. The van der Waals surface area contributed by atoms with Gasteiger partial charge in [-0.2, -0.15) is 20.4 Å². The van der Waals surface area contributed by atoms with Gasteiger partial charge in [-0.15, -0.1) is 0 Å². The maximum Gasteiger partial charge on any atom is 2.00 e. The molecule has 2 aromatic carbocycles. The van der Waals surface area contributed by atoms with Gasteiger partial charge in [-0.3, -0.25) is 0 Å². The molecule has 2 aromatic heterocycles. The summed E-state index contributed by atoms with van der Waals surface area (Å²) in [5, 5.41) is 16.4. The number of furan rings is 2. The van der Waals surface area contributed by atoms with Crippen molar-refractivity contribution < 1.29 is 37.8 Å². The predicted molar refractivity (Wildman–Crippen MR) is 156 cm³/mol. The van der Waals surface area contributed by atoms with Crippen LogP contribution in [-0.4, -0.2) is 35.7 Å². The normalized spacial score (nSPS) is 11.6. The molecule has 0 bridgehead atoms. The van der Waals surface area contributed by atoms with Crippen LogP contribution in [0.3, 0.4) is 0 Å². The molecular weight excluding hydrogens is 586 g/mol. The largest absolute Gasteiger partial charge is 2.00 e. The van der Waals surface area contributed by atoms with Crippen molar-refractivity contribution in [2.75, 3.05) is 13.2 Å². The predicted octanol–water partition coefficient (Wildman–Crippen LogP) is 6.01. The number of hydrogen-bond donors (Lipinski definition) is 0. The number of nitrogens with zero attached hydrogens (tertiary/aromatic N) is 4. The molecule has 196 valence electrons. The molecule has 0 aliphatic carbocycles. The summed E-state index contributed by atoms with van der Waals surface area (Å²) >= 11 is 10.1. The summed E-state index contributed by atoms with van der Waals surface area (Å²) < 4.78 is 21.2.